The van der Waals surface area contributed by atoms with Crippen LogP contribution in [0.2, 0.25) is 0 Å². The first-order chi connectivity index (χ1) is 17.0. The number of methoxy groups -OCH3 is 1. The predicted octanol–water partition coefficient (Wildman–Crippen LogP) is 6.40. The van der Waals surface area contributed by atoms with Crippen LogP contribution >= 0.6 is 15.9 Å². The van der Waals surface area contributed by atoms with E-state index in [4.69, 9.17) is 9.47 Å². The van der Waals surface area contributed by atoms with E-state index in [0.29, 0.717) is 23.2 Å². The van der Waals surface area contributed by atoms with Gasteiger partial charge in [0.2, 0.25) is 0 Å². The average molecular weight is 535 g/mol. The Kier molecular flexibility index (Phi) is 6.43. The number of phenolic OH excluding ortho intramolecular Hbond substituents is 1. The summed E-state index contributed by atoms with van der Waals surface area (Å²) in [4.78, 5) is 13.7. The van der Waals surface area contributed by atoms with Crippen molar-refractivity contribution in [3.05, 3.63) is 88.0 Å². The van der Waals surface area contributed by atoms with Crippen LogP contribution < -0.4 is 20.1 Å². The highest BCUT2D eigenvalue weighted by atomic mass is 79.9. The summed E-state index contributed by atoms with van der Waals surface area (Å²) in [7, 11) is 1.64. The standard InChI is InChI=1S/C28H27BrN2O4/c1-3-35-25-15-18(12-20(29)28(25)33)27-26-23(30-21-6-4-5-7-22(21)31-27)13-17(14-24(26)32)16-8-10-19(34-2)11-9-16/h4-13,15,17,26-27,30-31,33H,3,14H2,1-2H3. The van der Waals surface area contributed by atoms with E-state index in [1.807, 2.05) is 67.6 Å². The molecule has 1 aliphatic carbocycles. The van der Waals surface area contributed by atoms with Gasteiger partial charge >= 0.3 is 0 Å². The molecule has 35 heavy (non-hydrogen) atoms. The highest BCUT2D eigenvalue weighted by Gasteiger charge is 2.40. The van der Waals surface area contributed by atoms with Gasteiger partial charge in [-0.05, 0) is 70.4 Å². The first-order valence-electron chi connectivity index (χ1n) is 11.6. The Bertz CT molecular complexity index is 1290. The lowest BCUT2D eigenvalue weighted by molar-refractivity contribution is -0.122. The summed E-state index contributed by atoms with van der Waals surface area (Å²) in [6, 6.07) is 19.1. The minimum absolute atomic E-state index is 0.0383. The van der Waals surface area contributed by atoms with Crippen molar-refractivity contribution in [3.63, 3.8) is 0 Å². The fourth-order valence-electron chi connectivity index (χ4n) is 4.89. The smallest absolute Gasteiger partial charge is 0.172 e. The van der Waals surface area contributed by atoms with E-state index < -0.39 is 5.92 Å². The van der Waals surface area contributed by atoms with Crippen LogP contribution in [0.4, 0.5) is 11.4 Å². The van der Waals surface area contributed by atoms with Crippen molar-refractivity contribution in [2.24, 2.45) is 5.92 Å². The molecular formula is C28H27BrN2O4. The molecule has 0 aromatic heterocycles. The Labute approximate surface area is 213 Å². The van der Waals surface area contributed by atoms with Crippen LogP contribution in [0.3, 0.4) is 0 Å². The van der Waals surface area contributed by atoms with Crippen LogP contribution in [0.5, 0.6) is 17.2 Å². The number of Topliss-reactive ketones (excluding diaryl/α,β-unsaturated/α-hetero) is 1. The summed E-state index contributed by atoms with van der Waals surface area (Å²) in [5, 5.41) is 17.6. The number of aromatic hydroxyl groups is 1. The molecule has 3 atom stereocenters. The number of carbonyl (C=O) groups excluding carboxylic acids is 1. The highest BCUT2D eigenvalue weighted by Crippen LogP contribution is 2.47. The molecule has 3 aromatic rings. The zero-order valence-electron chi connectivity index (χ0n) is 19.5. The molecule has 0 saturated heterocycles. The van der Waals surface area contributed by atoms with Gasteiger partial charge in [-0.25, -0.2) is 0 Å². The molecule has 0 fully saturated rings. The van der Waals surface area contributed by atoms with Gasteiger partial charge in [-0.3, -0.25) is 4.79 Å². The number of anilines is 2. The quantitative estimate of drug-likeness (QED) is 0.351. The highest BCUT2D eigenvalue weighted by molar-refractivity contribution is 9.10. The number of hydrogen-bond donors (Lipinski definition) is 3. The molecule has 0 amide bonds. The van der Waals surface area contributed by atoms with E-state index in [1.165, 1.54) is 0 Å². The van der Waals surface area contributed by atoms with E-state index >= 15 is 0 Å². The van der Waals surface area contributed by atoms with Gasteiger partial charge in [-0.15, -0.1) is 0 Å². The number of nitrogens with one attached hydrogen (secondary N) is 2. The topological polar surface area (TPSA) is 79.8 Å². The molecule has 1 heterocycles. The number of ketones is 1. The summed E-state index contributed by atoms with van der Waals surface area (Å²) in [5.74, 6) is 0.895. The number of benzene rings is 3. The molecule has 2 aliphatic rings. The second-order valence-corrected chi connectivity index (χ2v) is 9.58. The molecule has 3 aromatic carbocycles. The monoisotopic (exact) mass is 534 g/mol. The van der Waals surface area contributed by atoms with Crippen LogP contribution in [0.1, 0.15) is 36.4 Å². The first kappa shape index (κ1) is 23.3. The van der Waals surface area contributed by atoms with Crippen molar-refractivity contribution in [1.82, 2.24) is 0 Å². The Morgan fingerprint density at radius 3 is 2.51 bits per heavy atom. The number of fused-ring (bicyclic) bond motifs is 2. The molecule has 180 valence electrons. The van der Waals surface area contributed by atoms with Gasteiger partial charge < -0.3 is 25.2 Å². The average Bonchev–Trinajstić information content (AvgIpc) is 3.04. The summed E-state index contributed by atoms with van der Waals surface area (Å²) in [6.07, 6.45) is 2.57. The Morgan fingerprint density at radius 2 is 1.80 bits per heavy atom. The van der Waals surface area contributed by atoms with Crippen molar-refractivity contribution in [2.45, 2.75) is 25.3 Å². The molecule has 5 rings (SSSR count). The van der Waals surface area contributed by atoms with Crippen LogP contribution in [0.15, 0.2) is 76.9 Å². The van der Waals surface area contributed by atoms with Gasteiger partial charge in [-0.1, -0.05) is 30.3 Å². The molecule has 3 unspecified atom stereocenters. The van der Waals surface area contributed by atoms with Crippen LogP contribution in [-0.2, 0) is 4.79 Å². The fraction of sp³-hybridized carbons (Fsp3) is 0.250. The largest absolute Gasteiger partial charge is 0.503 e. The van der Waals surface area contributed by atoms with Crippen LogP contribution in [0, 0.1) is 5.92 Å². The van der Waals surface area contributed by atoms with E-state index in [2.05, 4.69) is 32.6 Å². The molecule has 6 nitrogen and oxygen atoms in total. The molecule has 0 saturated carbocycles. The lowest BCUT2D eigenvalue weighted by Gasteiger charge is -2.33. The normalized spacial score (nSPS) is 20.9. The third-order valence-electron chi connectivity index (χ3n) is 6.59. The summed E-state index contributed by atoms with van der Waals surface area (Å²) in [6.45, 7) is 2.29. The summed E-state index contributed by atoms with van der Waals surface area (Å²) < 4.78 is 11.5. The minimum atomic E-state index is -0.428. The third-order valence-corrected chi connectivity index (χ3v) is 7.19. The molecule has 0 bridgehead atoms. The van der Waals surface area contributed by atoms with Crippen molar-refractivity contribution in [1.29, 1.82) is 0 Å². The van der Waals surface area contributed by atoms with Gasteiger partial charge in [0.25, 0.3) is 0 Å². The van der Waals surface area contributed by atoms with Crippen LogP contribution in [0.25, 0.3) is 0 Å². The van der Waals surface area contributed by atoms with E-state index in [1.54, 1.807) is 7.11 Å². The fourth-order valence-corrected chi connectivity index (χ4v) is 5.35. The maximum Gasteiger partial charge on any atom is 0.172 e. The summed E-state index contributed by atoms with van der Waals surface area (Å²) in [5.41, 5.74) is 4.61. The number of hydrogen-bond acceptors (Lipinski definition) is 6. The first-order valence-corrected chi connectivity index (χ1v) is 12.4. The number of allylic oxidation sites excluding steroid dienone is 1. The second-order valence-electron chi connectivity index (χ2n) is 8.72. The SMILES string of the molecule is CCOc1cc(C2Nc3ccccc3NC3=CC(c4ccc(OC)cc4)CC(=O)C32)cc(Br)c1O. The van der Waals surface area contributed by atoms with E-state index in [9.17, 15) is 9.90 Å². The lowest BCUT2D eigenvalue weighted by Crippen LogP contribution is -2.33. The second kappa shape index (κ2) is 9.66. The predicted molar refractivity (Wildman–Crippen MR) is 140 cm³/mol. The number of carbonyl (C=O) groups is 1. The lowest BCUT2D eigenvalue weighted by atomic mass is 9.76. The maximum atomic E-state index is 13.7. The minimum Gasteiger partial charge on any atom is -0.503 e. The van der Waals surface area contributed by atoms with Gasteiger partial charge in [0.15, 0.2) is 11.5 Å². The molecule has 1 aliphatic heterocycles. The number of rotatable bonds is 5. The van der Waals surface area contributed by atoms with E-state index in [-0.39, 0.29) is 23.5 Å². The third kappa shape index (κ3) is 4.48. The maximum absolute atomic E-state index is 13.7. The number of phenols is 1. The van der Waals surface area contributed by atoms with Crippen molar-refractivity contribution >= 4 is 33.1 Å². The van der Waals surface area contributed by atoms with Gasteiger partial charge in [0.05, 0.1) is 41.5 Å². The van der Waals surface area contributed by atoms with Gasteiger partial charge in [0, 0.05) is 18.0 Å². The zero-order valence-corrected chi connectivity index (χ0v) is 21.1. The number of para-hydroxylation sites is 2. The molecule has 3 N–H and O–H groups in total. The zero-order chi connectivity index (χ0) is 24.5. The van der Waals surface area contributed by atoms with Crippen molar-refractivity contribution < 1.29 is 19.4 Å². The molecule has 7 heteroatoms. The number of ether oxygens (including phenoxy) is 2. The summed E-state index contributed by atoms with van der Waals surface area (Å²) >= 11 is 3.46. The van der Waals surface area contributed by atoms with E-state index in [0.717, 1.165) is 33.9 Å². The van der Waals surface area contributed by atoms with Gasteiger partial charge in [-0.2, -0.15) is 0 Å². The Morgan fingerprint density at radius 1 is 1.06 bits per heavy atom. The van der Waals surface area contributed by atoms with Gasteiger partial charge in [0.1, 0.15) is 11.5 Å². The molecule has 0 radical (unpaired) electrons. The van der Waals surface area contributed by atoms with Crippen molar-refractivity contribution in [2.75, 3.05) is 24.4 Å². The number of halogens is 1. The Hall–Kier alpha value is -3.45. The molecule has 0 spiro atoms. The van der Waals surface area contributed by atoms with Crippen molar-refractivity contribution in [3.8, 4) is 17.2 Å². The van der Waals surface area contributed by atoms with Crippen LogP contribution in [-0.4, -0.2) is 24.6 Å². The molecular weight excluding hydrogens is 508 g/mol. The Balaban J connectivity index is 1.61.